The molecule has 1 saturated heterocycles. The normalized spacial score (nSPS) is 22.6. The number of amides is 1. The highest BCUT2D eigenvalue weighted by Crippen LogP contribution is 2.29. The largest absolute Gasteiger partial charge is 0.383 e. The van der Waals surface area contributed by atoms with Gasteiger partial charge in [-0.3, -0.25) is 9.79 Å². The molecule has 34 heavy (non-hydrogen) atoms. The molecule has 1 fully saturated rings. The van der Waals surface area contributed by atoms with Gasteiger partial charge in [0.05, 0.1) is 22.9 Å². The fraction of sp³-hybridized carbons (Fsp3) is 0.417. The van der Waals surface area contributed by atoms with Crippen molar-refractivity contribution in [1.29, 1.82) is 0 Å². The average Bonchev–Trinajstić information content (AvgIpc) is 3.23. The highest BCUT2D eigenvalue weighted by atomic mass is 79.9. The lowest BCUT2D eigenvalue weighted by Crippen LogP contribution is -2.52. The number of anilines is 1. The SMILES string of the molecule is CC(=O)N1CCC(C)(NCc2nc3c(/C4=C/C/C=C(F)\C=C/CN=C4)cnn3c(N)c2Br)CC1. The summed E-state index contributed by atoms with van der Waals surface area (Å²) in [6.45, 7) is 6.15. The van der Waals surface area contributed by atoms with Gasteiger partial charge in [0.15, 0.2) is 5.65 Å². The Morgan fingerprint density at radius 2 is 2.09 bits per heavy atom. The maximum atomic E-state index is 13.8. The Morgan fingerprint density at radius 1 is 1.32 bits per heavy atom. The van der Waals surface area contributed by atoms with Gasteiger partial charge in [-0.15, -0.1) is 0 Å². The van der Waals surface area contributed by atoms with Crippen LogP contribution in [0.1, 0.15) is 44.4 Å². The third kappa shape index (κ3) is 5.28. The van der Waals surface area contributed by atoms with Gasteiger partial charge in [-0.1, -0.05) is 12.2 Å². The Balaban J connectivity index is 1.60. The smallest absolute Gasteiger partial charge is 0.219 e. The van der Waals surface area contributed by atoms with Crippen LogP contribution in [0.3, 0.4) is 0 Å². The van der Waals surface area contributed by atoms with Crippen LogP contribution < -0.4 is 11.1 Å². The number of carbonyl (C=O) groups excluding carboxylic acids is 1. The van der Waals surface area contributed by atoms with Gasteiger partial charge in [0.2, 0.25) is 5.91 Å². The Kier molecular flexibility index (Phi) is 7.27. The fourth-order valence-corrected chi connectivity index (χ4v) is 4.53. The second-order valence-corrected chi connectivity index (χ2v) is 9.65. The highest BCUT2D eigenvalue weighted by Gasteiger charge is 2.31. The molecule has 0 unspecified atom stereocenters. The number of hydrogen-bond acceptors (Lipinski definition) is 6. The molecule has 2 aliphatic rings. The van der Waals surface area contributed by atoms with Crippen LogP contribution in [-0.4, -0.2) is 56.8 Å². The second kappa shape index (κ2) is 10.2. The van der Waals surface area contributed by atoms with Crippen molar-refractivity contribution in [3.05, 3.63) is 52.1 Å². The zero-order chi connectivity index (χ0) is 24.3. The maximum Gasteiger partial charge on any atom is 0.219 e. The van der Waals surface area contributed by atoms with Gasteiger partial charge in [0.25, 0.3) is 0 Å². The zero-order valence-corrected chi connectivity index (χ0v) is 21.0. The van der Waals surface area contributed by atoms with E-state index in [1.54, 1.807) is 29.9 Å². The Hall–Kier alpha value is -2.85. The van der Waals surface area contributed by atoms with Crippen LogP contribution in [0.4, 0.5) is 10.2 Å². The molecule has 180 valence electrons. The van der Waals surface area contributed by atoms with E-state index < -0.39 is 0 Å². The van der Waals surface area contributed by atoms with Crippen molar-refractivity contribution < 1.29 is 9.18 Å². The molecule has 0 aliphatic carbocycles. The number of nitrogen functional groups attached to an aromatic ring is 1. The summed E-state index contributed by atoms with van der Waals surface area (Å²) < 4.78 is 16.0. The fourth-order valence-electron chi connectivity index (χ4n) is 4.13. The number of rotatable bonds is 4. The minimum absolute atomic E-state index is 0.105. The van der Waals surface area contributed by atoms with Crippen molar-refractivity contribution in [2.75, 3.05) is 25.4 Å². The zero-order valence-electron chi connectivity index (χ0n) is 19.4. The van der Waals surface area contributed by atoms with Crippen LogP contribution in [0.2, 0.25) is 0 Å². The number of fused-ring (bicyclic) bond motifs is 1. The molecule has 2 aromatic heterocycles. The van der Waals surface area contributed by atoms with Crippen molar-refractivity contribution in [3.8, 4) is 0 Å². The molecule has 0 bridgehead atoms. The number of carbonyl (C=O) groups is 1. The standard InChI is InChI=1S/C24H29BrFN7O/c1-16(34)32-11-8-24(2,9-12-32)29-15-20-21(25)22(27)33-23(31-20)19(14-30-33)17-5-3-6-18(26)7-4-10-28-13-17/h4-7,13-14,29H,3,8-12,15,27H2,1-2H3/b7-4-,17-5+,18-6+,28-13?. The van der Waals surface area contributed by atoms with E-state index in [2.05, 4.69) is 38.3 Å². The second-order valence-electron chi connectivity index (χ2n) is 8.85. The highest BCUT2D eigenvalue weighted by molar-refractivity contribution is 9.10. The van der Waals surface area contributed by atoms with Crippen molar-refractivity contribution in [1.82, 2.24) is 24.8 Å². The first-order chi connectivity index (χ1) is 16.3. The molecule has 4 heterocycles. The van der Waals surface area contributed by atoms with Crippen LogP contribution in [0, 0.1) is 0 Å². The molecule has 2 aliphatic heterocycles. The summed E-state index contributed by atoms with van der Waals surface area (Å²) in [6.07, 6.45) is 12.2. The molecule has 0 radical (unpaired) electrons. The molecule has 2 aromatic rings. The predicted molar refractivity (Wildman–Crippen MR) is 136 cm³/mol. The molecule has 10 heteroatoms. The molecular weight excluding hydrogens is 501 g/mol. The maximum absolute atomic E-state index is 13.8. The number of hydrogen-bond donors (Lipinski definition) is 2. The average molecular weight is 530 g/mol. The van der Waals surface area contributed by atoms with Gasteiger partial charge in [-0.2, -0.15) is 9.61 Å². The number of likely N-dealkylation sites (tertiary alicyclic amines) is 1. The summed E-state index contributed by atoms with van der Waals surface area (Å²) in [5.74, 6) is 0.288. The lowest BCUT2D eigenvalue weighted by atomic mass is 9.89. The Morgan fingerprint density at radius 3 is 2.82 bits per heavy atom. The monoisotopic (exact) mass is 529 g/mol. The first kappa shape index (κ1) is 24.3. The van der Waals surface area contributed by atoms with E-state index in [4.69, 9.17) is 10.7 Å². The van der Waals surface area contributed by atoms with Gasteiger partial charge in [0.1, 0.15) is 11.6 Å². The number of nitrogens with zero attached hydrogens (tertiary/aromatic N) is 5. The predicted octanol–water partition coefficient (Wildman–Crippen LogP) is 3.83. The van der Waals surface area contributed by atoms with Gasteiger partial charge in [-0.05, 0) is 54.3 Å². The van der Waals surface area contributed by atoms with Crippen molar-refractivity contribution in [2.45, 2.75) is 45.2 Å². The number of piperidine rings is 1. The molecule has 4 rings (SSSR count). The number of halogens is 2. The van der Waals surface area contributed by atoms with Crippen molar-refractivity contribution >= 4 is 45.1 Å². The third-order valence-electron chi connectivity index (χ3n) is 6.37. The van der Waals surface area contributed by atoms with E-state index in [9.17, 15) is 9.18 Å². The topological polar surface area (TPSA) is 101 Å². The Labute approximate surface area is 206 Å². The quantitative estimate of drug-likeness (QED) is 0.626. The van der Waals surface area contributed by atoms with Gasteiger partial charge in [-0.25, -0.2) is 9.37 Å². The van der Waals surface area contributed by atoms with Crippen molar-refractivity contribution in [3.63, 3.8) is 0 Å². The van der Waals surface area contributed by atoms with Crippen LogP contribution in [0.25, 0.3) is 11.2 Å². The molecule has 0 spiro atoms. The van der Waals surface area contributed by atoms with Crippen LogP contribution in [0.15, 0.2) is 45.8 Å². The summed E-state index contributed by atoms with van der Waals surface area (Å²) in [4.78, 5) is 22.8. The van der Waals surface area contributed by atoms with Crippen LogP contribution >= 0.6 is 15.9 Å². The molecule has 8 nitrogen and oxygen atoms in total. The first-order valence-electron chi connectivity index (χ1n) is 11.3. The summed E-state index contributed by atoms with van der Waals surface area (Å²) in [7, 11) is 0. The summed E-state index contributed by atoms with van der Waals surface area (Å²) in [5, 5.41) is 8.05. The van der Waals surface area contributed by atoms with Gasteiger partial charge in [0, 0.05) is 49.4 Å². The number of nitrogens with two attached hydrogens (primary N) is 1. The van der Waals surface area contributed by atoms with E-state index >= 15 is 0 Å². The van der Waals surface area contributed by atoms with Gasteiger partial charge >= 0.3 is 0 Å². The summed E-state index contributed by atoms with van der Waals surface area (Å²) in [5.41, 5.74) is 9.27. The van der Waals surface area contributed by atoms with Gasteiger partial charge < -0.3 is 16.0 Å². The van der Waals surface area contributed by atoms with E-state index in [0.717, 1.165) is 42.8 Å². The van der Waals surface area contributed by atoms with Crippen molar-refractivity contribution in [2.24, 2.45) is 4.99 Å². The number of nitrogens with one attached hydrogen (secondary N) is 1. The number of aromatic nitrogens is 3. The lowest BCUT2D eigenvalue weighted by Gasteiger charge is -2.40. The Bertz CT molecular complexity index is 1210. The van der Waals surface area contributed by atoms with E-state index in [1.807, 2.05) is 11.0 Å². The number of allylic oxidation sites excluding steroid dienone is 5. The molecule has 3 N–H and O–H groups in total. The molecule has 1 amide bonds. The van der Waals surface area contributed by atoms with E-state index in [1.165, 1.54) is 12.2 Å². The minimum atomic E-state index is -0.283. The van der Waals surface area contributed by atoms with Crippen LogP contribution in [-0.2, 0) is 11.3 Å². The first-order valence-corrected chi connectivity index (χ1v) is 12.1. The summed E-state index contributed by atoms with van der Waals surface area (Å²) >= 11 is 3.59. The molecule has 0 saturated carbocycles. The molecule has 0 atom stereocenters. The lowest BCUT2D eigenvalue weighted by molar-refractivity contribution is -0.130. The van der Waals surface area contributed by atoms with E-state index in [-0.39, 0.29) is 17.3 Å². The van der Waals surface area contributed by atoms with Crippen LogP contribution in [0.5, 0.6) is 0 Å². The molecule has 0 aromatic carbocycles. The minimum Gasteiger partial charge on any atom is -0.383 e. The summed E-state index contributed by atoms with van der Waals surface area (Å²) in [6, 6.07) is 0. The number of aliphatic imine (C=N–C) groups is 1. The third-order valence-corrected chi connectivity index (χ3v) is 7.23. The van der Waals surface area contributed by atoms with E-state index in [0.29, 0.717) is 35.4 Å². The molecular formula is C24H29BrFN7O.